The van der Waals surface area contributed by atoms with E-state index in [1.165, 1.54) is 0 Å². The van der Waals surface area contributed by atoms with E-state index in [0.29, 0.717) is 44.0 Å². The number of nitrogens with one attached hydrogen (secondary N) is 1. The Kier molecular flexibility index (Phi) is 6.14. The van der Waals surface area contributed by atoms with Gasteiger partial charge in [0.1, 0.15) is 0 Å². The summed E-state index contributed by atoms with van der Waals surface area (Å²) in [5, 5.41) is 3.12. The average Bonchev–Trinajstić information content (AvgIpc) is 3.20. The minimum absolute atomic E-state index is 0.0251. The van der Waals surface area contributed by atoms with E-state index in [1.807, 2.05) is 10.8 Å². The van der Waals surface area contributed by atoms with E-state index in [1.54, 1.807) is 41.7 Å². The van der Waals surface area contributed by atoms with Crippen molar-refractivity contribution < 1.29 is 14.3 Å². The van der Waals surface area contributed by atoms with Crippen LogP contribution in [0.2, 0.25) is 0 Å². The number of aromatic nitrogens is 2. The van der Waals surface area contributed by atoms with Crippen molar-refractivity contribution in [2.45, 2.75) is 33.4 Å². The number of nitrogens with zero attached hydrogens (tertiary/aromatic N) is 3. The summed E-state index contributed by atoms with van der Waals surface area (Å²) in [4.78, 5) is 31.1. The van der Waals surface area contributed by atoms with Crippen LogP contribution in [0.15, 0.2) is 43.0 Å². The fourth-order valence-corrected chi connectivity index (χ4v) is 3.10. The molecule has 2 amide bonds. The molecule has 1 aliphatic rings. The van der Waals surface area contributed by atoms with Crippen molar-refractivity contribution in [1.82, 2.24) is 19.8 Å². The Labute approximate surface area is 165 Å². The smallest absolute Gasteiger partial charge is 0.254 e. The van der Waals surface area contributed by atoms with Crippen LogP contribution in [-0.2, 0) is 11.3 Å². The number of benzene rings is 1. The van der Waals surface area contributed by atoms with Crippen LogP contribution in [0.5, 0.6) is 0 Å². The van der Waals surface area contributed by atoms with Gasteiger partial charge < -0.3 is 19.5 Å². The van der Waals surface area contributed by atoms with Crippen molar-refractivity contribution in [2.24, 2.45) is 5.41 Å². The van der Waals surface area contributed by atoms with Crippen LogP contribution in [0, 0.1) is 5.41 Å². The van der Waals surface area contributed by atoms with Gasteiger partial charge in [-0.2, -0.15) is 0 Å². The molecule has 0 aliphatic carbocycles. The molecule has 0 bridgehead atoms. The molecule has 2 heterocycles. The Morgan fingerprint density at radius 3 is 2.36 bits per heavy atom. The Bertz CT molecular complexity index is 788. The molecular weight excluding hydrogens is 356 g/mol. The molecule has 1 aromatic heterocycles. The van der Waals surface area contributed by atoms with Crippen LogP contribution >= 0.6 is 0 Å². The second-order valence-corrected chi connectivity index (χ2v) is 8.13. The van der Waals surface area contributed by atoms with Gasteiger partial charge in [-0.25, -0.2) is 4.98 Å². The summed E-state index contributed by atoms with van der Waals surface area (Å²) < 4.78 is 7.24. The molecule has 1 N–H and O–H groups in total. The van der Waals surface area contributed by atoms with Gasteiger partial charge in [-0.1, -0.05) is 20.8 Å². The van der Waals surface area contributed by atoms with Crippen molar-refractivity contribution in [3.63, 3.8) is 0 Å². The third-order valence-electron chi connectivity index (χ3n) is 5.00. The number of carbonyl (C=O) groups is 2. The monoisotopic (exact) mass is 384 g/mol. The molecule has 150 valence electrons. The Morgan fingerprint density at radius 2 is 1.79 bits per heavy atom. The first kappa shape index (κ1) is 20.1. The lowest BCUT2D eigenvalue weighted by molar-refractivity contribution is 0.0303. The zero-order chi connectivity index (χ0) is 20.1. The molecule has 0 radical (unpaired) electrons. The molecule has 1 aromatic carbocycles. The number of ether oxygens (including phenoxy) is 1. The van der Waals surface area contributed by atoms with E-state index < -0.39 is 0 Å². The van der Waals surface area contributed by atoms with Crippen molar-refractivity contribution >= 4 is 11.8 Å². The van der Waals surface area contributed by atoms with Gasteiger partial charge in [0.2, 0.25) is 0 Å². The van der Waals surface area contributed by atoms with Gasteiger partial charge in [0.25, 0.3) is 11.8 Å². The number of hydrogen-bond acceptors (Lipinski definition) is 4. The van der Waals surface area contributed by atoms with Crippen LogP contribution in [0.3, 0.4) is 0 Å². The summed E-state index contributed by atoms with van der Waals surface area (Å²) in [6, 6.07) is 6.78. The second kappa shape index (κ2) is 8.56. The van der Waals surface area contributed by atoms with Crippen molar-refractivity contribution in [1.29, 1.82) is 0 Å². The fourth-order valence-electron chi connectivity index (χ4n) is 3.10. The zero-order valence-electron chi connectivity index (χ0n) is 16.7. The van der Waals surface area contributed by atoms with Gasteiger partial charge in [0, 0.05) is 43.2 Å². The number of carbonyl (C=O) groups excluding carboxylic acids is 2. The minimum Gasteiger partial charge on any atom is -0.378 e. The lowest BCUT2D eigenvalue weighted by Crippen LogP contribution is -2.46. The van der Waals surface area contributed by atoms with Gasteiger partial charge in [0.15, 0.2) is 0 Å². The molecule has 7 nitrogen and oxygen atoms in total. The summed E-state index contributed by atoms with van der Waals surface area (Å²) in [5.41, 5.74) is 1.01. The molecule has 2 aromatic rings. The van der Waals surface area contributed by atoms with Crippen LogP contribution in [0.25, 0.3) is 0 Å². The average molecular weight is 384 g/mol. The molecule has 1 saturated heterocycles. The van der Waals surface area contributed by atoms with Crippen molar-refractivity contribution in [3.05, 3.63) is 54.1 Å². The van der Waals surface area contributed by atoms with Gasteiger partial charge >= 0.3 is 0 Å². The van der Waals surface area contributed by atoms with Crippen LogP contribution in [-0.4, -0.2) is 58.6 Å². The summed E-state index contributed by atoms with van der Waals surface area (Å²) in [6.07, 6.45) is 5.36. The lowest BCUT2D eigenvalue weighted by Gasteiger charge is -2.32. The molecule has 1 aliphatic heterocycles. The molecule has 0 saturated carbocycles. The highest BCUT2D eigenvalue weighted by Crippen LogP contribution is 2.21. The highest BCUT2D eigenvalue weighted by molar-refractivity contribution is 5.98. The number of hydrogen-bond donors (Lipinski definition) is 1. The zero-order valence-corrected chi connectivity index (χ0v) is 16.7. The standard InChI is InChI=1S/C21H28N4O3/c1-21(2,3)18(14-24-9-8-22-15-24)23-19(26)16-4-6-17(7-5-16)20(27)25-10-12-28-13-11-25/h4-9,15,18H,10-14H2,1-3H3,(H,23,26)/t18-/m0/s1. The SMILES string of the molecule is CC(C)(C)[C@H](Cn1ccnc1)NC(=O)c1ccc(C(=O)N2CCOCC2)cc1. The minimum atomic E-state index is -0.148. The van der Waals surface area contributed by atoms with E-state index in [9.17, 15) is 9.59 Å². The molecule has 1 atom stereocenters. The van der Waals surface area contributed by atoms with Crippen molar-refractivity contribution in [3.8, 4) is 0 Å². The Balaban J connectivity index is 1.66. The largest absolute Gasteiger partial charge is 0.378 e. The van der Waals surface area contributed by atoms with Gasteiger partial charge in [0.05, 0.1) is 25.6 Å². The molecule has 3 rings (SSSR count). The number of morpholine rings is 1. The third kappa shape index (κ3) is 4.98. The van der Waals surface area contributed by atoms with E-state index in [0.717, 1.165) is 0 Å². The van der Waals surface area contributed by atoms with Crippen LogP contribution in [0.4, 0.5) is 0 Å². The van der Waals surface area contributed by atoms with Crippen LogP contribution in [0.1, 0.15) is 41.5 Å². The van der Waals surface area contributed by atoms with E-state index in [-0.39, 0.29) is 23.3 Å². The van der Waals surface area contributed by atoms with Gasteiger partial charge in [-0.3, -0.25) is 9.59 Å². The molecular formula is C21H28N4O3. The first-order valence-corrected chi connectivity index (χ1v) is 9.58. The normalized spacial score (nSPS) is 15.9. The summed E-state index contributed by atoms with van der Waals surface area (Å²) in [7, 11) is 0. The number of rotatable bonds is 5. The first-order chi connectivity index (χ1) is 13.3. The Hall–Kier alpha value is -2.67. The second-order valence-electron chi connectivity index (χ2n) is 8.13. The lowest BCUT2D eigenvalue weighted by atomic mass is 9.86. The Morgan fingerprint density at radius 1 is 1.14 bits per heavy atom. The topological polar surface area (TPSA) is 76.5 Å². The quantitative estimate of drug-likeness (QED) is 0.857. The van der Waals surface area contributed by atoms with Crippen LogP contribution < -0.4 is 5.32 Å². The maximum atomic E-state index is 12.8. The van der Waals surface area contributed by atoms with E-state index in [4.69, 9.17) is 4.74 Å². The van der Waals surface area contributed by atoms with E-state index >= 15 is 0 Å². The van der Waals surface area contributed by atoms with Gasteiger partial charge in [-0.15, -0.1) is 0 Å². The fraction of sp³-hybridized carbons (Fsp3) is 0.476. The highest BCUT2D eigenvalue weighted by Gasteiger charge is 2.27. The molecule has 0 unspecified atom stereocenters. The number of amides is 2. The summed E-state index contributed by atoms with van der Waals surface area (Å²) in [6.45, 7) is 9.26. The predicted molar refractivity (Wildman–Crippen MR) is 106 cm³/mol. The van der Waals surface area contributed by atoms with Gasteiger partial charge in [-0.05, 0) is 29.7 Å². The highest BCUT2D eigenvalue weighted by atomic mass is 16.5. The predicted octanol–water partition coefficient (Wildman–Crippen LogP) is 2.20. The number of imidazole rings is 1. The summed E-state index contributed by atoms with van der Waals surface area (Å²) >= 11 is 0. The molecule has 7 heteroatoms. The maximum Gasteiger partial charge on any atom is 0.254 e. The molecule has 28 heavy (non-hydrogen) atoms. The molecule has 0 spiro atoms. The summed E-state index contributed by atoms with van der Waals surface area (Å²) in [5.74, 6) is -0.173. The van der Waals surface area contributed by atoms with Crippen molar-refractivity contribution in [2.75, 3.05) is 26.3 Å². The van der Waals surface area contributed by atoms with E-state index in [2.05, 4.69) is 31.1 Å². The molecule has 1 fully saturated rings. The third-order valence-corrected chi connectivity index (χ3v) is 5.00. The first-order valence-electron chi connectivity index (χ1n) is 9.58. The maximum absolute atomic E-state index is 12.8.